The number of benzene rings is 1. The van der Waals surface area contributed by atoms with Crippen molar-refractivity contribution in [2.24, 2.45) is 5.92 Å². The molecule has 2 fully saturated rings. The molecule has 2 saturated heterocycles. The van der Waals surface area contributed by atoms with Gasteiger partial charge in [-0.25, -0.2) is 0 Å². The third kappa shape index (κ3) is 4.37. The highest BCUT2D eigenvalue weighted by molar-refractivity contribution is 6.04. The number of morpholine rings is 1. The van der Waals surface area contributed by atoms with Crippen LogP contribution in [0.25, 0.3) is 11.0 Å². The lowest BCUT2D eigenvalue weighted by atomic mass is 9.90. The number of aryl methyl sites for hydroxylation is 1. The van der Waals surface area contributed by atoms with E-state index >= 15 is 0 Å². The molecule has 7 heteroatoms. The fraction of sp³-hybridized carbons (Fsp3) is 0.667. The number of aromatic nitrogens is 1. The Kier molecular flexibility index (Phi) is 6.24. The molecule has 4 rings (SSSR count). The first-order chi connectivity index (χ1) is 13.6. The minimum atomic E-state index is 0.789. The van der Waals surface area contributed by atoms with Gasteiger partial charge in [-0.1, -0.05) is 5.16 Å². The van der Waals surface area contributed by atoms with Gasteiger partial charge in [0.2, 0.25) is 0 Å². The zero-order chi connectivity index (χ0) is 19.5. The van der Waals surface area contributed by atoms with Crippen LogP contribution in [0.3, 0.4) is 0 Å². The van der Waals surface area contributed by atoms with E-state index in [1.54, 1.807) is 0 Å². The SMILES string of the molecule is BN1CCC(CCc2noc3c(CN(C)C)c(N4CCOCC4)ccc23)CC1. The van der Waals surface area contributed by atoms with Crippen molar-refractivity contribution in [1.82, 2.24) is 14.9 Å². The number of hydrogen-bond acceptors (Lipinski definition) is 6. The molecule has 28 heavy (non-hydrogen) atoms. The second kappa shape index (κ2) is 8.85. The van der Waals surface area contributed by atoms with E-state index in [1.807, 2.05) is 0 Å². The van der Waals surface area contributed by atoms with Crippen LogP contribution in [0.4, 0.5) is 5.69 Å². The maximum absolute atomic E-state index is 5.93. The van der Waals surface area contributed by atoms with Crippen molar-refractivity contribution in [3.8, 4) is 0 Å². The second-order valence-electron chi connectivity index (χ2n) is 8.69. The van der Waals surface area contributed by atoms with E-state index in [9.17, 15) is 0 Å². The van der Waals surface area contributed by atoms with Gasteiger partial charge in [0.1, 0.15) is 0 Å². The van der Waals surface area contributed by atoms with Crippen molar-refractivity contribution in [3.63, 3.8) is 0 Å². The molecular weight excluding hydrogens is 351 g/mol. The molecule has 152 valence electrons. The molecule has 0 bridgehead atoms. The highest BCUT2D eigenvalue weighted by Crippen LogP contribution is 2.33. The number of hydrogen-bond donors (Lipinski definition) is 0. The van der Waals surface area contributed by atoms with Crippen LogP contribution in [0.2, 0.25) is 0 Å². The molecular formula is C21H33BN4O2. The molecule has 0 spiro atoms. The molecule has 3 heterocycles. The third-order valence-corrected chi connectivity index (χ3v) is 6.25. The lowest BCUT2D eigenvalue weighted by Gasteiger charge is -2.31. The average Bonchev–Trinajstić information content (AvgIpc) is 3.12. The van der Waals surface area contributed by atoms with Gasteiger partial charge in [0.25, 0.3) is 0 Å². The minimum Gasteiger partial charge on any atom is -0.378 e. The van der Waals surface area contributed by atoms with Gasteiger partial charge in [0.05, 0.1) is 18.9 Å². The third-order valence-electron chi connectivity index (χ3n) is 6.25. The quantitative estimate of drug-likeness (QED) is 0.710. The summed E-state index contributed by atoms with van der Waals surface area (Å²) >= 11 is 0. The first kappa shape index (κ1) is 19.7. The van der Waals surface area contributed by atoms with Crippen molar-refractivity contribution in [2.45, 2.75) is 32.2 Å². The van der Waals surface area contributed by atoms with E-state index in [-0.39, 0.29) is 0 Å². The standard InChI is InChI=1S/C21H33BN4O2/c1-24(2)15-18-20(25-11-13-27-14-12-25)6-4-17-19(23-28-21(17)18)5-3-16-7-9-26(22)10-8-16/h4,6,16H,3,5,7-15,22H2,1-2H3. The van der Waals surface area contributed by atoms with Crippen molar-refractivity contribution in [2.75, 3.05) is 58.4 Å². The summed E-state index contributed by atoms with van der Waals surface area (Å²) < 4.78 is 11.5. The summed E-state index contributed by atoms with van der Waals surface area (Å²) in [5, 5.41) is 5.70. The predicted octanol–water partition coefficient (Wildman–Crippen LogP) is 1.92. The van der Waals surface area contributed by atoms with Crippen molar-refractivity contribution in [1.29, 1.82) is 0 Å². The Labute approximate surface area is 169 Å². The van der Waals surface area contributed by atoms with Gasteiger partial charge in [-0.05, 0) is 70.9 Å². The highest BCUT2D eigenvalue weighted by Gasteiger charge is 2.22. The Morgan fingerprint density at radius 1 is 1.14 bits per heavy atom. The van der Waals surface area contributed by atoms with Gasteiger partial charge in [0.15, 0.2) is 13.6 Å². The van der Waals surface area contributed by atoms with Crippen LogP contribution in [0.5, 0.6) is 0 Å². The second-order valence-corrected chi connectivity index (χ2v) is 8.69. The number of ether oxygens (including phenoxy) is 1. The van der Waals surface area contributed by atoms with Gasteiger partial charge in [-0.15, -0.1) is 0 Å². The fourth-order valence-electron chi connectivity index (χ4n) is 4.54. The van der Waals surface area contributed by atoms with Gasteiger partial charge in [-0.3, -0.25) is 0 Å². The number of nitrogens with zero attached hydrogens (tertiary/aromatic N) is 4. The molecule has 0 saturated carbocycles. The summed E-state index contributed by atoms with van der Waals surface area (Å²) in [6, 6.07) is 4.49. The summed E-state index contributed by atoms with van der Waals surface area (Å²) in [6.07, 6.45) is 4.84. The monoisotopic (exact) mass is 384 g/mol. The summed E-state index contributed by atoms with van der Waals surface area (Å²) in [5.41, 5.74) is 4.61. The normalized spacial score (nSPS) is 19.8. The topological polar surface area (TPSA) is 45.0 Å². The largest absolute Gasteiger partial charge is 0.378 e. The molecule has 2 aromatic rings. The highest BCUT2D eigenvalue weighted by atomic mass is 16.5. The first-order valence-corrected chi connectivity index (χ1v) is 10.7. The summed E-state index contributed by atoms with van der Waals surface area (Å²) in [5.74, 6) is 0.816. The van der Waals surface area contributed by atoms with Crippen molar-refractivity contribution >= 4 is 24.6 Å². The maximum Gasteiger partial charge on any atom is 0.185 e. The summed E-state index contributed by atoms with van der Waals surface area (Å²) in [6.45, 7) is 6.75. The Morgan fingerprint density at radius 3 is 2.61 bits per heavy atom. The Balaban J connectivity index is 1.56. The van der Waals surface area contributed by atoms with Crippen LogP contribution in [0, 0.1) is 5.92 Å². The molecule has 0 unspecified atom stereocenters. The Morgan fingerprint density at radius 2 is 1.89 bits per heavy atom. The van der Waals surface area contributed by atoms with Crippen molar-refractivity contribution < 1.29 is 9.26 Å². The van der Waals surface area contributed by atoms with Gasteiger partial charge in [0, 0.05) is 36.3 Å². The van der Waals surface area contributed by atoms with Crippen LogP contribution in [-0.4, -0.2) is 76.3 Å². The van der Waals surface area contributed by atoms with Crippen LogP contribution >= 0.6 is 0 Å². The molecule has 0 radical (unpaired) electrons. The lowest BCUT2D eigenvalue weighted by molar-refractivity contribution is 0.122. The molecule has 0 aliphatic carbocycles. The minimum absolute atomic E-state index is 0.789. The zero-order valence-electron chi connectivity index (χ0n) is 17.6. The van der Waals surface area contributed by atoms with Gasteiger partial charge < -0.3 is 23.9 Å². The molecule has 0 amide bonds. The van der Waals surface area contributed by atoms with Crippen LogP contribution in [-0.2, 0) is 17.7 Å². The summed E-state index contributed by atoms with van der Waals surface area (Å²) in [4.78, 5) is 7.06. The maximum atomic E-state index is 5.93. The zero-order valence-corrected chi connectivity index (χ0v) is 17.6. The number of piperidine rings is 1. The summed E-state index contributed by atoms with van der Waals surface area (Å²) in [7, 11) is 6.44. The molecule has 1 aromatic carbocycles. The first-order valence-electron chi connectivity index (χ1n) is 10.7. The van der Waals surface area contributed by atoms with E-state index in [0.717, 1.165) is 56.5 Å². The van der Waals surface area contributed by atoms with E-state index < -0.39 is 0 Å². The molecule has 0 atom stereocenters. The Hall–Kier alpha value is -1.57. The van der Waals surface area contributed by atoms with Gasteiger partial charge >= 0.3 is 0 Å². The van der Waals surface area contributed by atoms with Crippen LogP contribution in [0.1, 0.15) is 30.5 Å². The lowest BCUT2D eigenvalue weighted by Crippen LogP contribution is -2.37. The smallest absolute Gasteiger partial charge is 0.185 e. The fourth-order valence-corrected chi connectivity index (χ4v) is 4.54. The van der Waals surface area contributed by atoms with E-state index in [2.05, 4.69) is 54.0 Å². The van der Waals surface area contributed by atoms with Crippen molar-refractivity contribution in [3.05, 3.63) is 23.4 Å². The van der Waals surface area contributed by atoms with Gasteiger partial charge in [-0.2, -0.15) is 0 Å². The van der Waals surface area contributed by atoms with E-state index in [0.29, 0.717) is 0 Å². The molecule has 6 nitrogen and oxygen atoms in total. The number of fused-ring (bicyclic) bond motifs is 1. The number of anilines is 1. The molecule has 0 N–H and O–H groups in total. The van der Waals surface area contributed by atoms with E-state index in [1.165, 1.54) is 49.0 Å². The van der Waals surface area contributed by atoms with E-state index in [4.69, 9.17) is 9.26 Å². The van der Waals surface area contributed by atoms with Crippen LogP contribution < -0.4 is 4.90 Å². The Bertz CT molecular complexity index is 780. The molecule has 2 aliphatic heterocycles. The molecule has 1 aromatic heterocycles. The molecule has 2 aliphatic rings. The predicted molar refractivity (Wildman–Crippen MR) is 116 cm³/mol. The van der Waals surface area contributed by atoms with Crippen LogP contribution in [0.15, 0.2) is 16.7 Å². The average molecular weight is 384 g/mol. The number of rotatable bonds is 6.